The summed E-state index contributed by atoms with van der Waals surface area (Å²) in [6.45, 7) is 0.425. The van der Waals surface area contributed by atoms with Crippen molar-refractivity contribution in [1.29, 1.82) is 0 Å². The van der Waals surface area contributed by atoms with E-state index in [4.69, 9.17) is 0 Å². The number of hydrogen-bond acceptors (Lipinski definition) is 3. The standard InChI is InChI=1S/C27H28FIN4S/c28-26-22(4-1-2-15-30-27(26)31-19-21-7-13-25(34)14-8-21)9-10-23(29)18-20-5-11-24(12-6-20)33-17-3-16-32-33/h2-3,5-8,11-17,23,34H,1,4,9-10,18-19H2,(H,30,31)/b15-2+,26-22?. The maximum Gasteiger partial charge on any atom is 0.164 e. The van der Waals surface area contributed by atoms with Crippen LogP contribution in [0.5, 0.6) is 0 Å². The smallest absolute Gasteiger partial charge is 0.164 e. The van der Waals surface area contributed by atoms with Gasteiger partial charge in [0.2, 0.25) is 0 Å². The molecule has 0 saturated carbocycles. The van der Waals surface area contributed by atoms with Crippen LogP contribution in [0.4, 0.5) is 4.39 Å². The fraction of sp³-hybridized carbons (Fsp3) is 0.259. The molecular formula is C27H28FIN4S. The number of aliphatic imine (C=N–C) groups is 1. The minimum absolute atomic E-state index is 0.206. The summed E-state index contributed by atoms with van der Waals surface area (Å²) in [5, 5.41) is 7.31. The highest BCUT2D eigenvalue weighted by Gasteiger charge is 2.16. The van der Waals surface area contributed by atoms with Gasteiger partial charge >= 0.3 is 0 Å². The molecule has 1 aliphatic heterocycles. The van der Waals surface area contributed by atoms with E-state index in [1.165, 1.54) is 5.56 Å². The zero-order valence-electron chi connectivity index (χ0n) is 18.9. The molecule has 0 aliphatic carbocycles. The third-order valence-electron chi connectivity index (χ3n) is 5.75. The topological polar surface area (TPSA) is 42.2 Å². The molecule has 1 N–H and O–H groups in total. The van der Waals surface area contributed by atoms with E-state index in [-0.39, 0.29) is 5.83 Å². The summed E-state index contributed by atoms with van der Waals surface area (Å²) in [6.07, 6.45) is 11.7. The molecule has 2 heterocycles. The van der Waals surface area contributed by atoms with Crippen LogP contribution < -0.4 is 5.32 Å². The highest BCUT2D eigenvalue weighted by Crippen LogP contribution is 2.26. The van der Waals surface area contributed by atoms with Gasteiger partial charge in [0.25, 0.3) is 0 Å². The Morgan fingerprint density at radius 2 is 1.88 bits per heavy atom. The summed E-state index contributed by atoms with van der Waals surface area (Å²) in [4.78, 5) is 5.43. The number of nitrogens with one attached hydrogen (secondary N) is 1. The first-order chi connectivity index (χ1) is 16.6. The van der Waals surface area contributed by atoms with Crippen LogP contribution in [0.25, 0.3) is 5.69 Å². The molecule has 3 aromatic rings. The van der Waals surface area contributed by atoms with Crippen molar-refractivity contribution in [3.63, 3.8) is 0 Å². The SMILES string of the molecule is FC1=C(CCC(I)Cc2ccc(-n3cccn3)cc2)CC/C=C/NC1=NCc1ccc(S)cc1. The molecule has 176 valence electrons. The normalized spacial score (nSPS) is 17.2. The van der Waals surface area contributed by atoms with E-state index in [1.807, 2.05) is 47.3 Å². The van der Waals surface area contributed by atoms with Crippen molar-refractivity contribution < 1.29 is 4.39 Å². The fourth-order valence-electron chi connectivity index (χ4n) is 3.84. The molecular weight excluding hydrogens is 558 g/mol. The van der Waals surface area contributed by atoms with E-state index in [9.17, 15) is 0 Å². The minimum Gasteiger partial charge on any atom is -0.345 e. The Bertz CT molecular complexity index is 1150. The van der Waals surface area contributed by atoms with Crippen molar-refractivity contribution in [2.75, 3.05) is 0 Å². The second-order valence-electron chi connectivity index (χ2n) is 8.29. The number of rotatable bonds is 8. The highest BCUT2D eigenvalue weighted by molar-refractivity contribution is 14.1. The van der Waals surface area contributed by atoms with Crippen LogP contribution >= 0.6 is 35.2 Å². The van der Waals surface area contributed by atoms with E-state index in [1.54, 1.807) is 12.4 Å². The Balaban J connectivity index is 1.37. The van der Waals surface area contributed by atoms with E-state index in [0.717, 1.165) is 53.8 Å². The van der Waals surface area contributed by atoms with E-state index in [2.05, 4.69) is 74.9 Å². The van der Waals surface area contributed by atoms with Gasteiger partial charge in [-0.25, -0.2) is 9.07 Å². The molecule has 1 aromatic heterocycles. The molecule has 1 aliphatic rings. The predicted molar refractivity (Wildman–Crippen MR) is 149 cm³/mol. The highest BCUT2D eigenvalue weighted by atomic mass is 127. The van der Waals surface area contributed by atoms with Gasteiger partial charge < -0.3 is 5.32 Å². The monoisotopic (exact) mass is 586 g/mol. The van der Waals surface area contributed by atoms with E-state index < -0.39 is 0 Å². The van der Waals surface area contributed by atoms with Gasteiger partial charge in [0.15, 0.2) is 11.7 Å². The largest absolute Gasteiger partial charge is 0.345 e. The first kappa shape index (κ1) is 24.7. The van der Waals surface area contributed by atoms with Crippen LogP contribution in [0.2, 0.25) is 0 Å². The molecule has 1 unspecified atom stereocenters. The maximum absolute atomic E-state index is 15.4. The summed E-state index contributed by atoms with van der Waals surface area (Å²) < 4.78 is 17.7. The third kappa shape index (κ3) is 7.06. The van der Waals surface area contributed by atoms with Gasteiger partial charge in [0.05, 0.1) is 12.2 Å². The van der Waals surface area contributed by atoms with Crippen LogP contribution in [0, 0.1) is 0 Å². The van der Waals surface area contributed by atoms with Crippen molar-refractivity contribution >= 4 is 41.1 Å². The summed E-state index contributed by atoms with van der Waals surface area (Å²) in [5.74, 6) is 0.113. The lowest BCUT2D eigenvalue weighted by Crippen LogP contribution is -2.21. The molecule has 0 fully saturated rings. The van der Waals surface area contributed by atoms with Gasteiger partial charge in [0.1, 0.15) is 0 Å². The van der Waals surface area contributed by atoms with Crippen molar-refractivity contribution in [3.8, 4) is 5.69 Å². The molecule has 1 atom stereocenters. The average molecular weight is 587 g/mol. The number of amidine groups is 1. The summed E-state index contributed by atoms with van der Waals surface area (Å²) in [7, 11) is 0. The van der Waals surface area contributed by atoms with Crippen LogP contribution in [-0.4, -0.2) is 19.5 Å². The number of nitrogens with zero attached hydrogens (tertiary/aromatic N) is 3. The lowest BCUT2D eigenvalue weighted by Gasteiger charge is -2.16. The van der Waals surface area contributed by atoms with Gasteiger partial charge in [-0.3, -0.25) is 4.99 Å². The average Bonchev–Trinajstić information content (AvgIpc) is 3.38. The Morgan fingerprint density at radius 1 is 1.12 bits per heavy atom. The fourth-order valence-corrected chi connectivity index (χ4v) is 4.80. The Morgan fingerprint density at radius 3 is 2.62 bits per heavy atom. The molecule has 7 heteroatoms. The third-order valence-corrected chi connectivity index (χ3v) is 7.11. The second kappa shape index (κ2) is 12.4. The number of benzene rings is 2. The number of aromatic nitrogens is 2. The van der Waals surface area contributed by atoms with Crippen LogP contribution in [0.15, 0.2) is 101 Å². The first-order valence-electron chi connectivity index (χ1n) is 11.4. The lowest BCUT2D eigenvalue weighted by molar-refractivity contribution is 0.626. The number of allylic oxidation sites excluding steroid dienone is 2. The molecule has 4 nitrogen and oxygen atoms in total. The summed E-state index contributed by atoms with van der Waals surface area (Å²) in [5.41, 5.74) is 4.20. The summed E-state index contributed by atoms with van der Waals surface area (Å²) in [6, 6.07) is 18.2. The van der Waals surface area contributed by atoms with Gasteiger partial charge in [-0.2, -0.15) is 5.10 Å². The van der Waals surface area contributed by atoms with E-state index >= 15 is 4.39 Å². The van der Waals surface area contributed by atoms with Crippen molar-refractivity contribution in [2.24, 2.45) is 4.99 Å². The predicted octanol–water partition coefficient (Wildman–Crippen LogP) is 7.01. The van der Waals surface area contributed by atoms with Crippen molar-refractivity contribution in [2.45, 2.75) is 47.5 Å². The van der Waals surface area contributed by atoms with Crippen LogP contribution in [0.3, 0.4) is 0 Å². The Kier molecular flexibility index (Phi) is 8.98. The van der Waals surface area contributed by atoms with Crippen molar-refractivity contribution in [1.82, 2.24) is 15.1 Å². The molecule has 0 amide bonds. The van der Waals surface area contributed by atoms with E-state index in [0.29, 0.717) is 16.3 Å². The van der Waals surface area contributed by atoms with Gasteiger partial charge in [-0.1, -0.05) is 52.9 Å². The molecule has 34 heavy (non-hydrogen) atoms. The zero-order chi connectivity index (χ0) is 23.8. The lowest BCUT2D eigenvalue weighted by atomic mass is 9.99. The second-order valence-corrected chi connectivity index (χ2v) is 10.6. The molecule has 0 saturated heterocycles. The quantitative estimate of drug-likeness (QED) is 0.170. The van der Waals surface area contributed by atoms with Gasteiger partial charge in [-0.15, -0.1) is 12.6 Å². The zero-order valence-corrected chi connectivity index (χ0v) is 21.9. The van der Waals surface area contributed by atoms with Gasteiger partial charge in [0, 0.05) is 21.2 Å². The first-order valence-corrected chi connectivity index (χ1v) is 13.1. The number of halogens is 2. The minimum atomic E-state index is -0.206. The van der Waals surface area contributed by atoms with Crippen LogP contribution in [0.1, 0.15) is 36.8 Å². The van der Waals surface area contributed by atoms with Gasteiger partial charge in [-0.05, 0) is 85.3 Å². The summed E-state index contributed by atoms with van der Waals surface area (Å²) >= 11 is 6.80. The Hall–Kier alpha value is -2.39. The van der Waals surface area contributed by atoms with Crippen LogP contribution in [-0.2, 0) is 13.0 Å². The molecule has 0 bridgehead atoms. The molecule has 0 radical (unpaired) electrons. The number of thiol groups is 1. The maximum atomic E-state index is 15.4. The van der Waals surface area contributed by atoms with Crippen molar-refractivity contribution in [3.05, 3.63) is 102 Å². The molecule has 0 spiro atoms. The number of alkyl halides is 1. The number of hydrogen-bond donors (Lipinski definition) is 2. The molecule has 4 rings (SSSR count). The Labute approximate surface area is 219 Å². The molecule has 2 aromatic carbocycles.